The fourth-order valence-electron chi connectivity index (χ4n) is 3.04. The summed E-state index contributed by atoms with van der Waals surface area (Å²) in [6.45, 7) is 1.68. The second-order valence-electron chi connectivity index (χ2n) is 6.73. The summed E-state index contributed by atoms with van der Waals surface area (Å²) in [4.78, 5) is 12.1. The Morgan fingerprint density at radius 2 is 1.88 bits per heavy atom. The van der Waals surface area contributed by atoms with E-state index in [9.17, 15) is 18.0 Å². The third kappa shape index (κ3) is 7.33. The Labute approximate surface area is 152 Å². The van der Waals surface area contributed by atoms with Crippen LogP contribution in [0.2, 0.25) is 0 Å². The molecular weight excluding hydrogens is 347 g/mol. The predicted molar refractivity (Wildman–Crippen MR) is 91.9 cm³/mol. The molecule has 2 unspecified atom stereocenters. The maximum Gasteiger partial charge on any atom is 0.411 e. The molecule has 1 aromatic rings. The number of nitrogens with one attached hydrogen (secondary N) is 1. The summed E-state index contributed by atoms with van der Waals surface area (Å²) < 4.78 is 46.5. The highest BCUT2D eigenvalue weighted by Gasteiger charge is 2.27. The molecule has 26 heavy (non-hydrogen) atoms. The summed E-state index contributed by atoms with van der Waals surface area (Å²) in [5.74, 6) is 0.333. The van der Waals surface area contributed by atoms with Crippen LogP contribution in [0.3, 0.4) is 0 Å². The van der Waals surface area contributed by atoms with Gasteiger partial charge in [0.25, 0.3) is 5.91 Å². The Bertz CT molecular complexity index is 560. The molecule has 146 valence electrons. The molecule has 1 aliphatic rings. The van der Waals surface area contributed by atoms with E-state index in [2.05, 4.69) is 17.0 Å². The number of hydrogen-bond acceptors (Lipinski definition) is 3. The molecule has 1 fully saturated rings. The number of benzene rings is 1. The number of carbonyl (C=O) groups excluding carboxylic acids is 1. The number of hydrogen-bond donors (Lipinski definition) is 1. The van der Waals surface area contributed by atoms with Gasteiger partial charge in [-0.05, 0) is 36.5 Å². The van der Waals surface area contributed by atoms with Crippen molar-refractivity contribution in [2.75, 3.05) is 19.8 Å². The third-order valence-corrected chi connectivity index (χ3v) is 4.50. The molecule has 0 saturated heterocycles. The Kier molecular flexibility index (Phi) is 7.90. The van der Waals surface area contributed by atoms with Crippen molar-refractivity contribution in [3.8, 4) is 0 Å². The van der Waals surface area contributed by atoms with Gasteiger partial charge >= 0.3 is 6.18 Å². The number of ether oxygens (including phenoxy) is 2. The van der Waals surface area contributed by atoms with Crippen LogP contribution in [0.4, 0.5) is 13.2 Å². The molecule has 0 bridgehead atoms. The highest BCUT2D eigenvalue weighted by molar-refractivity contribution is 5.94. The van der Waals surface area contributed by atoms with E-state index in [0.29, 0.717) is 30.2 Å². The van der Waals surface area contributed by atoms with E-state index in [1.165, 1.54) is 19.3 Å². The summed E-state index contributed by atoms with van der Waals surface area (Å²) >= 11 is 0. The van der Waals surface area contributed by atoms with E-state index < -0.39 is 12.8 Å². The first kappa shape index (κ1) is 20.7. The van der Waals surface area contributed by atoms with Crippen molar-refractivity contribution in [2.24, 2.45) is 5.92 Å². The van der Waals surface area contributed by atoms with Gasteiger partial charge in [0.05, 0.1) is 19.3 Å². The van der Waals surface area contributed by atoms with Crippen LogP contribution in [0.25, 0.3) is 0 Å². The Morgan fingerprint density at radius 1 is 1.19 bits per heavy atom. The van der Waals surface area contributed by atoms with E-state index in [4.69, 9.17) is 4.74 Å². The fourth-order valence-corrected chi connectivity index (χ4v) is 3.04. The fraction of sp³-hybridized carbons (Fsp3) is 0.632. The molecule has 0 spiro atoms. The standard InChI is InChI=1S/C19H26F3NO3/c1-14-4-2-3-5-17(14)26-11-10-23-18(24)16-8-6-15(7-9-16)12-25-13-19(20,21)22/h6-9,14,17H,2-5,10-13H2,1H3,(H,23,24). The molecule has 0 aromatic heterocycles. The zero-order valence-electron chi connectivity index (χ0n) is 15.0. The molecule has 0 heterocycles. The minimum Gasteiger partial charge on any atom is -0.376 e. The van der Waals surface area contributed by atoms with Gasteiger partial charge in [0.15, 0.2) is 0 Å². The molecule has 0 radical (unpaired) electrons. The largest absolute Gasteiger partial charge is 0.411 e. The lowest BCUT2D eigenvalue weighted by Gasteiger charge is -2.28. The molecular formula is C19H26F3NO3. The second kappa shape index (κ2) is 9.92. The molecule has 7 heteroatoms. The second-order valence-corrected chi connectivity index (χ2v) is 6.73. The van der Waals surface area contributed by atoms with Crippen LogP contribution in [0.5, 0.6) is 0 Å². The van der Waals surface area contributed by atoms with Gasteiger partial charge < -0.3 is 14.8 Å². The number of rotatable bonds is 8. The summed E-state index contributed by atoms with van der Waals surface area (Å²) in [7, 11) is 0. The number of halogens is 3. The molecule has 1 aromatic carbocycles. The number of amides is 1. The maximum absolute atomic E-state index is 12.1. The molecule has 4 nitrogen and oxygen atoms in total. The van der Waals surface area contributed by atoms with Crippen LogP contribution in [-0.4, -0.2) is 37.9 Å². The van der Waals surface area contributed by atoms with Crippen LogP contribution in [-0.2, 0) is 16.1 Å². The molecule has 1 amide bonds. The number of alkyl halides is 3. The highest BCUT2D eigenvalue weighted by atomic mass is 19.4. The maximum atomic E-state index is 12.1. The Morgan fingerprint density at radius 3 is 2.54 bits per heavy atom. The quantitative estimate of drug-likeness (QED) is 0.698. The molecule has 1 saturated carbocycles. The van der Waals surface area contributed by atoms with Gasteiger partial charge in [-0.3, -0.25) is 4.79 Å². The summed E-state index contributed by atoms with van der Waals surface area (Å²) in [6.07, 6.45) is 0.659. The van der Waals surface area contributed by atoms with E-state index in [-0.39, 0.29) is 18.6 Å². The lowest BCUT2D eigenvalue weighted by molar-refractivity contribution is -0.176. The van der Waals surface area contributed by atoms with Gasteiger partial charge in [0.1, 0.15) is 6.61 Å². The van der Waals surface area contributed by atoms with Gasteiger partial charge in [-0.25, -0.2) is 0 Å². The van der Waals surface area contributed by atoms with Crippen LogP contribution in [0, 0.1) is 5.92 Å². The highest BCUT2D eigenvalue weighted by Crippen LogP contribution is 2.26. The van der Waals surface area contributed by atoms with Crippen molar-refractivity contribution in [3.63, 3.8) is 0 Å². The van der Waals surface area contributed by atoms with Crippen LogP contribution >= 0.6 is 0 Å². The van der Waals surface area contributed by atoms with Crippen molar-refractivity contribution in [2.45, 2.75) is 51.5 Å². The zero-order valence-corrected chi connectivity index (χ0v) is 15.0. The molecule has 1 N–H and O–H groups in total. The van der Waals surface area contributed by atoms with Crippen molar-refractivity contribution >= 4 is 5.91 Å². The van der Waals surface area contributed by atoms with Gasteiger partial charge in [-0.1, -0.05) is 31.9 Å². The van der Waals surface area contributed by atoms with E-state index in [1.807, 2.05) is 0 Å². The van der Waals surface area contributed by atoms with Gasteiger partial charge in [-0.2, -0.15) is 13.2 Å². The monoisotopic (exact) mass is 373 g/mol. The summed E-state index contributed by atoms with van der Waals surface area (Å²) in [5.41, 5.74) is 1.04. The van der Waals surface area contributed by atoms with Crippen LogP contribution in [0.15, 0.2) is 24.3 Å². The van der Waals surface area contributed by atoms with Gasteiger partial charge in [-0.15, -0.1) is 0 Å². The van der Waals surface area contributed by atoms with Crippen LogP contribution in [0.1, 0.15) is 48.5 Å². The van der Waals surface area contributed by atoms with Crippen molar-refractivity contribution < 1.29 is 27.4 Å². The minimum atomic E-state index is -4.34. The van der Waals surface area contributed by atoms with Crippen LogP contribution < -0.4 is 5.32 Å². The minimum absolute atomic E-state index is 0.144. The topological polar surface area (TPSA) is 47.6 Å². The lowest BCUT2D eigenvalue weighted by atomic mass is 9.88. The number of carbonyl (C=O) groups is 1. The average Bonchev–Trinajstić information content (AvgIpc) is 2.59. The third-order valence-electron chi connectivity index (χ3n) is 4.50. The smallest absolute Gasteiger partial charge is 0.376 e. The van der Waals surface area contributed by atoms with Crippen molar-refractivity contribution in [1.29, 1.82) is 0 Å². The SMILES string of the molecule is CC1CCCCC1OCCNC(=O)c1ccc(COCC(F)(F)F)cc1. The molecule has 2 rings (SSSR count). The first-order chi connectivity index (χ1) is 12.3. The predicted octanol–water partition coefficient (Wildman–Crippen LogP) is 4.09. The van der Waals surface area contributed by atoms with E-state index >= 15 is 0 Å². The normalized spacial score (nSPS) is 20.8. The average molecular weight is 373 g/mol. The summed E-state index contributed by atoms with van der Waals surface area (Å²) in [5, 5.41) is 2.79. The summed E-state index contributed by atoms with van der Waals surface area (Å²) in [6, 6.07) is 6.33. The van der Waals surface area contributed by atoms with Gasteiger partial charge in [0.2, 0.25) is 0 Å². The van der Waals surface area contributed by atoms with Crippen molar-refractivity contribution in [3.05, 3.63) is 35.4 Å². The van der Waals surface area contributed by atoms with E-state index in [0.717, 1.165) is 6.42 Å². The van der Waals surface area contributed by atoms with E-state index in [1.54, 1.807) is 24.3 Å². The molecule has 0 aliphatic heterocycles. The molecule has 1 aliphatic carbocycles. The van der Waals surface area contributed by atoms with Crippen molar-refractivity contribution in [1.82, 2.24) is 5.32 Å². The zero-order chi connectivity index (χ0) is 19.0. The Balaban J connectivity index is 1.67. The first-order valence-electron chi connectivity index (χ1n) is 8.98. The Hall–Kier alpha value is -1.60. The molecule has 2 atom stereocenters. The lowest BCUT2D eigenvalue weighted by Crippen LogP contribution is -2.31. The van der Waals surface area contributed by atoms with Gasteiger partial charge in [0, 0.05) is 12.1 Å². The first-order valence-corrected chi connectivity index (χ1v) is 8.98.